The normalized spacial score (nSPS) is 46.3. The molecule has 0 bridgehead atoms. The lowest BCUT2D eigenvalue weighted by Crippen LogP contribution is -2.65. The van der Waals surface area contributed by atoms with Gasteiger partial charge >= 0.3 is 23.9 Å². The van der Waals surface area contributed by atoms with Gasteiger partial charge < -0.3 is 0 Å². The van der Waals surface area contributed by atoms with E-state index in [0.717, 1.165) is 0 Å². The zero-order valence-corrected chi connectivity index (χ0v) is 7.08. The third kappa shape index (κ3) is 1.46. The van der Waals surface area contributed by atoms with E-state index in [-0.39, 0.29) is 13.8 Å². The van der Waals surface area contributed by atoms with Gasteiger partial charge in [-0.25, -0.2) is 8.78 Å². The standard InChI is InChI=1S/C6H6F6O2/c1-3(7)5(9,10)14-4(2,8)6(11,12)13-3/h1-2H3. The summed E-state index contributed by atoms with van der Waals surface area (Å²) in [6.45, 7) is 0.0479. The molecule has 0 aromatic carbocycles. The highest BCUT2D eigenvalue weighted by Gasteiger charge is 2.73. The van der Waals surface area contributed by atoms with Crippen LogP contribution in [0.3, 0.4) is 0 Å². The Morgan fingerprint density at radius 1 is 0.643 bits per heavy atom. The van der Waals surface area contributed by atoms with Gasteiger partial charge in [0.2, 0.25) is 0 Å². The molecule has 2 atom stereocenters. The second-order valence-electron chi connectivity index (χ2n) is 3.07. The molecule has 0 spiro atoms. The molecule has 0 amide bonds. The van der Waals surface area contributed by atoms with Crippen molar-refractivity contribution in [2.24, 2.45) is 0 Å². The summed E-state index contributed by atoms with van der Waals surface area (Å²) in [7, 11) is 0. The molecule has 14 heavy (non-hydrogen) atoms. The lowest BCUT2D eigenvalue weighted by atomic mass is 10.2. The molecule has 0 N–H and O–H groups in total. The zero-order chi connectivity index (χ0) is 11.4. The summed E-state index contributed by atoms with van der Waals surface area (Å²) in [5.74, 6) is -8.16. The molecule has 0 aliphatic carbocycles. The molecule has 0 saturated carbocycles. The van der Waals surface area contributed by atoms with Crippen molar-refractivity contribution in [1.82, 2.24) is 0 Å². The first-order chi connectivity index (χ1) is 5.91. The lowest BCUT2D eigenvalue weighted by molar-refractivity contribution is -0.556. The van der Waals surface area contributed by atoms with Crippen molar-refractivity contribution in [2.75, 3.05) is 0 Å². The fourth-order valence-corrected chi connectivity index (χ4v) is 0.783. The summed E-state index contributed by atoms with van der Waals surface area (Å²) in [6.07, 6.45) is -9.56. The van der Waals surface area contributed by atoms with Crippen molar-refractivity contribution in [3.63, 3.8) is 0 Å². The first kappa shape index (κ1) is 11.6. The van der Waals surface area contributed by atoms with Gasteiger partial charge in [0, 0.05) is 13.8 Å². The van der Waals surface area contributed by atoms with Crippen LogP contribution in [0.4, 0.5) is 26.3 Å². The van der Waals surface area contributed by atoms with E-state index in [2.05, 4.69) is 9.47 Å². The molecule has 2 nitrogen and oxygen atoms in total. The second-order valence-corrected chi connectivity index (χ2v) is 3.07. The number of hydrogen-bond acceptors (Lipinski definition) is 2. The Morgan fingerprint density at radius 3 is 1.07 bits per heavy atom. The van der Waals surface area contributed by atoms with Crippen LogP contribution in [0.1, 0.15) is 13.8 Å². The van der Waals surface area contributed by atoms with Gasteiger partial charge in [-0.05, 0) is 0 Å². The molecule has 2 unspecified atom stereocenters. The molecule has 8 heteroatoms. The molecule has 1 fully saturated rings. The Morgan fingerprint density at radius 2 is 0.857 bits per heavy atom. The maximum absolute atomic E-state index is 12.7. The van der Waals surface area contributed by atoms with Crippen molar-refractivity contribution >= 4 is 0 Å². The molecule has 1 aliphatic rings. The molecule has 1 aliphatic heterocycles. The third-order valence-corrected chi connectivity index (χ3v) is 1.68. The summed E-state index contributed by atoms with van der Waals surface area (Å²) in [4.78, 5) is 0. The Labute approximate surface area is 74.8 Å². The van der Waals surface area contributed by atoms with Crippen molar-refractivity contribution in [1.29, 1.82) is 0 Å². The van der Waals surface area contributed by atoms with Gasteiger partial charge in [0.15, 0.2) is 0 Å². The lowest BCUT2D eigenvalue weighted by Gasteiger charge is -2.43. The summed E-state index contributed by atoms with van der Waals surface area (Å²) in [5, 5.41) is 0. The molecular weight excluding hydrogens is 218 g/mol. The van der Waals surface area contributed by atoms with Crippen LogP contribution in [0.5, 0.6) is 0 Å². The minimum Gasteiger partial charge on any atom is -0.270 e. The van der Waals surface area contributed by atoms with E-state index < -0.39 is 23.9 Å². The van der Waals surface area contributed by atoms with E-state index in [9.17, 15) is 26.3 Å². The van der Waals surface area contributed by atoms with E-state index >= 15 is 0 Å². The van der Waals surface area contributed by atoms with Gasteiger partial charge in [0.05, 0.1) is 0 Å². The Balaban J connectivity index is 3.07. The fraction of sp³-hybridized carbons (Fsp3) is 1.00. The number of halogens is 6. The van der Waals surface area contributed by atoms with E-state index in [4.69, 9.17) is 0 Å². The summed E-state index contributed by atoms with van der Waals surface area (Å²) < 4.78 is 81.7. The van der Waals surface area contributed by atoms with Gasteiger partial charge in [-0.2, -0.15) is 17.6 Å². The van der Waals surface area contributed by atoms with Crippen LogP contribution < -0.4 is 0 Å². The van der Waals surface area contributed by atoms with Crippen LogP contribution in [0.15, 0.2) is 0 Å². The summed E-state index contributed by atoms with van der Waals surface area (Å²) in [5.41, 5.74) is 0. The molecule has 1 rings (SSSR count). The third-order valence-electron chi connectivity index (χ3n) is 1.68. The van der Waals surface area contributed by atoms with E-state index in [0.29, 0.717) is 0 Å². The minimum absolute atomic E-state index is 0.0240. The molecule has 1 saturated heterocycles. The molecule has 0 radical (unpaired) electrons. The molecule has 84 valence electrons. The van der Waals surface area contributed by atoms with Crippen molar-refractivity contribution < 1.29 is 35.8 Å². The average Bonchev–Trinajstić information content (AvgIpc) is 1.78. The molecular formula is C6H6F6O2. The topological polar surface area (TPSA) is 18.5 Å². The smallest absolute Gasteiger partial charge is 0.270 e. The highest BCUT2D eigenvalue weighted by atomic mass is 19.3. The predicted molar refractivity (Wildman–Crippen MR) is 31.1 cm³/mol. The summed E-state index contributed by atoms with van der Waals surface area (Å²) >= 11 is 0. The van der Waals surface area contributed by atoms with Gasteiger partial charge in [-0.1, -0.05) is 0 Å². The number of hydrogen-bond donors (Lipinski definition) is 0. The average molecular weight is 224 g/mol. The zero-order valence-electron chi connectivity index (χ0n) is 7.08. The van der Waals surface area contributed by atoms with E-state index in [1.807, 2.05) is 0 Å². The second kappa shape index (κ2) is 2.54. The number of ether oxygens (including phenoxy) is 2. The van der Waals surface area contributed by atoms with E-state index in [1.54, 1.807) is 0 Å². The Kier molecular flexibility index (Phi) is 2.10. The fourth-order valence-electron chi connectivity index (χ4n) is 0.783. The van der Waals surface area contributed by atoms with Crippen LogP contribution in [-0.2, 0) is 9.47 Å². The van der Waals surface area contributed by atoms with Crippen LogP contribution in [0.2, 0.25) is 0 Å². The number of rotatable bonds is 0. The van der Waals surface area contributed by atoms with Gasteiger partial charge in [-0.3, -0.25) is 9.47 Å². The summed E-state index contributed by atoms with van der Waals surface area (Å²) in [6, 6.07) is 0. The first-order valence-electron chi connectivity index (χ1n) is 3.45. The largest absolute Gasteiger partial charge is 0.417 e. The monoisotopic (exact) mass is 224 g/mol. The maximum Gasteiger partial charge on any atom is 0.417 e. The van der Waals surface area contributed by atoms with Crippen LogP contribution >= 0.6 is 0 Å². The van der Waals surface area contributed by atoms with Crippen molar-refractivity contribution in [2.45, 2.75) is 37.8 Å². The quantitative estimate of drug-likeness (QED) is 0.589. The van der Waals surface area contributed by atoms with Gasteiger partial charge in [0.1, 0.15) is 0 Å². The highest BCUT2D eigenvalue weighted by Crippen LogP contribution is 2.51. The Bertz CT molecular complexity index is 199. The minimum atomic E-state index is -4.78. The van der Waals surface area contributed by atoms with Crippen LogP contribution in [0, 0.1) is 0 Å². The van der Waals surface area contributed by atoms with Crippen LogP contribution in [0.25, 0.3) is 0 Å². The maximum atomic E-state index is 12.7. The Hall–Kier alpha value is -0.500. The predicted octanol–water partition coefficient (Wildman–Crippen LogP) is 2.59. The van der Waals surface area contributed by atoms with Crippen molar-refractivity contribution in [3.05, 3.63) is 0 Å². The molecule has 0 aromatic rings. The highest BCUT2D eigenvalue weighted by molar-refractivity contribution is 4.88. The van der Waals surface area contributed by atoms with Crippen LogP contribution in [-0.4, -0.2) is 23.9 Å². The SMILES string of the molecule is CC1(F)OC(F)(F)C(C)(F)OC1(F)F. The van der Waals surface area contributed by atoms with E-state index in [1.165, 1.54) is 0 Å². The van der Waals surface area contributed by atoms with Gasteiger partial charge in [-0.15, -0.1) is 0 Å². The first-order valence-corrected chi connectivity index (χ1v) is 3.45. The number of alkyl halides is 6. The van der Waals surface area contributed by atoms with Gasteiger partial charge in [0.25, 0.3) is 0 Å². The van der Waals surface area contributed by atoms with Crippen molar-refractivity contribution in [3.8, 4) is 0 Å². The molecule has 0 aromatic heterocycles. The molecule has 1 heterocycles.